The van der Waals surface area contributed by atoms with E-state index in [0.29, 0.717) is 0 Å². The fourth-order valence-corrected chi connectivity index (χ4v) is 4.62. The van der Waals surface area contributed by atoms with E-state index in [0.717, 1.165) is 0 Å². The van der Waals surface area contributed by atoms with Crippen molar-refractivity contribution < 1.29 is 0 Å². The predicted molar refractivity (Wildman–Crippen MR) is 147 cm³/mol. The van der Waals surface area contributed by atoms with E-state index in [1.54, 1.807) is 0 Å². The van der Waals surface area contributed by atoms with Gasteiger partial charge in [-0.05, 0) is 37.8 Å². The second-order valence-corrected chi connectivity index (χ2v) is 9.71. The number of hydrogen-bond acceptors (Lipinski definition) is 2. The zero-order chi connectivity index (χ0) is 23.3. The standard InChI is InChI=1S/C30H56N2/c1-5-9-13-19-25-31(26-20-14-10-6-2)29-23-17-18-24-30(29)32(27-21-15-11-7-3)28-22-16-12-8-4/h17-18,23-24H,5-16,19-22,25-28H2,1-4H3. The van der Waals surface area contributed by atoms with Crippen LogP contribution in [0.25, 0.3) is 0 Å². The van der Waals surface area contributed by atoms with E-state index < -0.39 is 0 Å². The summed E-state index contributed by atoms with van der Waals surface area (Å²) in [5, 5.41) is 0. The van der Waals surface area contributed by atoms with E-state index in [2.05, 4.69) is 61.8 Å². The van der Waals surface area contributed by atoms with Crippen molar-refractivity contribution >= 4 is 11.4 Å². The van der Waals surface area contributed by atoms with Gasteiger partial charge in [0.25, 0.3) is 0 Å². The zero-order valence-electron chi connectivity index (χ0n) is 22.3. The summed E-state index contributed by atoms with van der Waals surface area (Å²) in [5.41, 5.74) is 2.98. The lowest BCUT2D eigenvalue weighted by molar-refractivity contribution is 0.599. The molecule has 2 heteroatoms. The zero-order valence-corrected chi connectivity index (χ0v) is 22.3. The maximum atomic E-state index is 2.73. The molecule has 1 aromatic rings. The summed E-state index contributed by atoms with van der Waals surface area (Å²) in [6.45, 7) is 14.1. The normalized spacial score (nSPS) is 11.1. The molecule has 186 valence electrons. The highest BCUT2D eigenvalue weighted by Crippen LogP contribution is 2.31. The van der Waals surface area contributed by atoms with E-state index in [1.165, 1.54) is 140 Å². The van der Waals surface area contributed by atoms with Gasteiger partial charge < -0.3 is 9.80 Å². The Morgan fingerprint density at radius 3 is 0.938 bits per heavy atom. The van der Waals surface area contributed by atoms with Crippen LogP contribution >= 0.6 is 0 Å². The Balaban J connectivity index is 2.95. The van der Waals surface area contributed by atoms with Gasteiger partial charge in [0, 0.05) is 26.2 Å². The van der Waals surface area contributed by atoms with Gasteiger partial charge in [-0.15, -0.1) is 0 Å². The topological polar surface area (TPSA) is 6.48 Å². The fourth-order valence-electron chi connectivity index (χ4n) is 4.62. The highest BCUT2D eigenvalue weighted by molar-refractivity contribution is 5.71. The van der Waals surface area contributed by atoms with Crippen molar-refractivity contribution in [2.24, 2.45) is 0 Å². The Bertz CT molecular complexity index is 456. The Morgan fingerprint density at radius 2 is 0.688 bits per heavy atom. The minimum absolute atomic E-state index is 1.21. The molecule has 0 aromatic heterocycles. The van der Waals surface area contributed by atoms with Gasteiger partial charge in [0.05, 0.1) is 11.4 Å². The van der Waals surface area contributed by atoms with E-state index >= 15 is 0 Å². The van der Waals surface area contributed by atoms with Gasteiger partial charge >= 0.3 is 0 Å². The van der Waals surface area contributed by atoms with Gasteiger partial charge in [0.1, 0.15) is 0 Å². The molecule has 0 amide bonds. The van der Waals surface area contributed by atoms with Crippen LogP contribution in [0.15, 0.2) is 24.3 Å². The lowest BCUT2D eigenvalue weighted by atomic mass is 10.1. The minimum atomic E-state index is 1.21. The number of benzene rings is 1. The van der Waals surface area contributed by atoms with Crippen molar-refractivity contribution in [3.05, 3.63) is 24.3 Å². The van der Waals surface area contributed by atoms with Crippen LogP contribution in [0, 0.1) is 0 Å². The first-order chi connectivity index (χ1) is 15.8. The van der Waals surface area contributed by atoms with Gasteiger partial charge in [0.15, 0.2) is 0 Å². The second-order valence-electron chi connectivity index (χ2n) is 9.71. The van der Waals surface area contributed by atoms with Crippen LogP contribution < -0.4 is 9.80 Å². The van der Waals surface area contributed by atoms with Crippen LogP contribution in [0.4, 0.5) is 11.4 Å². The Labute approximate surface area is 202 Å². The lowest BCUT2D eigenvalue weighted by Gasteiger charge is -2.33. The Hall–Kier alpha value is -1.18. The molecule has 32 heavy (non-hydrogen) atoms. The number of hydrogen-bond donors (Lipinski definition) is 0. The predicted octanol–water partition coefficient (Wildman–Crippen LogP) is 9.62. The highest BCUT2D eigenvalue weighted by Gasteiger charge is 2.16. The van der Waals surface area contributed by atoms with E-state index in [1.807, 2.05) is 0 Å². The van der Waals surface area contributed by atoms with E-state index in [9.17, 15) is 0 Å². The molecule has 0 N–H and O–H groups in total. The molecular formula is C30H56N2. The molecule has 0 fully saturated rings. The number of para-hydroxylation sites is 2. The smallest absolute Gasteiger partial charge is 0.0604 e. The van der Waals surface area contributed by atoms with Gasteiger partial charge in [-0.25, -0.2) is 0 Å². The highest BCUT2D eigenvalue weighted by atomic mass is 15.2. The Morgan fingerprint density at radius 1 is 0.406 bits per heavy atom. The maximum Gasteiger partial charge on any atom is 0.0604 e. The SMILES string of the molecule is CCCCCCN(CCCCCC)c1ccccc1N(CCCCCC)CCCCCC. The van der Waals surface area contributed by atoms with Crippen LogP contribution in [0.5, 0.6) is 0 Å². The van der Waals surface area contributed by atoms with Crippen LogP contribution in [0.3, 0.4) is 0 Å². The van der Waals surface area contributed by atoms with Gasteiger partial charge in [-0.3, -0.25) is 0 Å². The quantitative estimate of drug-likeness (QED) is 0.164. The van der Waals surface area contributed by atoms with E-state index in [4.69, 9.17) is 0 Å². The molecule has 0 aliphatic heterocycles. The van der Waals surface area contributed by atoms with Crippen molar-refractivity contribution in [2.75, 3.05) is 36.0 Å². The van der Waals surface area contributed by atoms with Gasteiger partial charge in [-0.2, -0.15) is 0 Å². The lowest BCUT2D eigenvalue weighted by Crippen LogP contribution is -2.31. The van der Waals surface area contributed by atoms with Crippen LogP contribution in [-0.4, -0.2) is 26.2 Å². The Kier molecular flexibility index (Phi) is 18.4. The van der Waals surface area contributed by atoms with Gasteiger partial charge in [0.2, 0.25) is 0 Å². The third kappa shape index (κ3) is 12.8. The molecule has 0 heterocycles. The van der Waals surface area contributed by atoms with Gasteiger partial charge in [-0.1, -0.05) is 117 Å². The molecule has 0 aliphatic carbocycles. The first-order valence-electron chi connectivity index (χ1n) is 14.4. The number of nitrogens with zero attached hydrogens (tertiary/aromatic N) is 2. The molecule has 0 unspecified atom stereocenters. The number of anilines is 2. The summed E-state index contributed by atoms with van der Waals surface area (Å²) in [7, 11) is 0. The summed E-state index contributed by atoms with van der Waals surface area (Å²) in [4.78, 5) is 5.46. The maximum absolute atomic E-state index is 2.73. The van der Waals surface area contributed by atoms with E-state index in [-0.39, 0.29) is 0 Å². The average molecular weight is 445 g/mol. The molecule has 0 aliphatic rings. The second kappa shape index (κ2) is 20.4. The summed E-state index contributed by atoms with van der Waals surface area (Å²) in [6, 6.07) is 9.33. The third-order valence-corrected chi connectivity index (χ3v) is 6.69. The number of unbranched alkanes of at least 4 members (excludes halogenated alkanes) is 12. The molecule has 1 aromatic carbocycles. The minimum Gasteiger partial charge on any atom is -0.370 e. The molecule has 0 saturated carbocycles. The third-order valence-electron chi connectivity index (χ3n) is 6.69. The molecule has 2 nitrogen and oxygen atoms in total. The van der Waals surface area contributed by atoms with Crippen LogP contribution in [-0.2, 0) is 0 Å². The number of rotatable bonds is 22. The molecular weight excluding hydrogens is 388 g/mol. The van der Waals surface area contributed by atoms with Crippen LogP contribution in [0.1, 0.15) is 130 Å². The molecule has 1 rings (SSSR count). The largest absolute Gasteiger partial charge is 0.370 e. The first-order valence-corrected chi connectivity index (χ1v) is 14.4. The van der Waals surface area contributed by atoms with Crippen molar-refractivity contribution in [1.82, 2.24) is 0 Å². The van der Waals surface area contributed by atoms with Crippen LogP contribution in [0.2, 0.25) is 0 Å². The fraction of sp³-hybridized carbons (Fsp3) is 0.800. The van der Waals surface area contributed by atoms with Crippen molar-refractivity contribution in [3.8, 4) is 0 Å². The average Bonchev–Trinajstić information content (AvgIpc) is 2.82. The van der Waals surface area contributed by atoms with Crippen molar-refractivity contribution in [1.29, 1.82) is 0 Å². The first kappa shape index (κ1) is 28.9. The summed E-state index contributed by atoms with van der Waals surface area (Å²) < 4.78 is 0. The summed E-state index contributed by atoms with van der Waals surface area (Å²) in [6.07, 6.45) is 21.5. The molecule has 0 bridgehead atoms. The monoisotopic (exact) mass is 444 g/mol. The summed E-state index contributed by atoms with van der Waals surface area (Å²) in [5.74, 6) is 0. The summed E-state index contributed by atoms with van der Waals surface area (Å²) >= 11 is 0. The van der Waals surface area contributed by atoms with Crippen molar-refractivity contribution in [2.45, 2.75) is 130 Å². The molecule has 0 radical (unpaired) electrons. The molecule has 0 saturated heterocycles. The molecule has 0 spiro atoms. The molecule has 0 atom stereocenters. The van der Waals surface area contributed by atoms with Crippen molar-refractivity contribution in [3.63, 3.8) is 0 Å².